The molecule has 138 valence electrons. The summed E-state index contributed by atoms with van der Waals surface area (Å²) in [6, 6.07) is 2.08. The van der Waals surface area contributed by atoms with E-state index in [0.717, 1.165) is 29.6 Å². The molecule has 3 aromatic heterocycles. The van der Waals surface area contributed by atoms with E-state index in [9.17, 15) is 4.79 Å². The molecule has 4 rings (SSSR count). The quantitative estimate of drug-likeness (QED) is 0.742. The van der Waals surface area contributed by atoms with Crippen LogP contribution in [0.1, 0.15) is 25.3 Å². The maximum Gasteiger partial charge on any atom is 0.236 e. The summed E-state index contributed by atoms with van der Waals surface area (Å²) in [7, 11) is 1.85. The molecule has 0 radical (unpaired) electrons. The number of likely N-dealkylation sites (tertiary alicyclic amines) is 1. The number of carbonyl (C=O) groups excluding carboxylic acids is 1. The third-order valence-electron chi connectivity index (χ3n) is 4.69. The van der Waals surface area contributed by atoms with Crippen molar-refractivity contribution in [3.8, 4) is 6.07 Å². The molecular weight excluding hydrogens is 346 g/mol. The number of aromatic nitrogens is 6. The van der Waals surface area contributed by atoms with Gasteiger partial charge in [0.05, 0.1) is 35.6 Å². The predicted molar refractivity (Wildman–Crippen MR) is 96.9 cm³/mol. The standard InChI is InChI=1S/C17H19N9O/c1-24-11-13(10-20-24)22-17-19-8-12-9-21-26(16(12)23-17)14-3-6-25(7-4-14)15(27)2-5-18/h8-11,14H,2-4,6-7H2,1H3,(H,19,22,23). The summed E-state index contributed by atoms with van der Waals surface area (Å²) in [6.45, 7) is 1.25. The highest BCUT2D eigenvalue weighted by molar-refractivity contribution is 5.78. The third-order valence-corrected chi connectivity index (χ3v) is 4.69. The van der Waals surface area contributed by atoms with Gasteiger partial charge in [-0.05, 0) is 12.8 Å². The van der Waals surface area contributed by atoms with E-state index in [4.69, 9.17) is 5.26 Å². The monoisotopic (exact) mass is 365 g/mol. The molecule has 27 heavy (non-hydrogen) atoms. The lowest BCUT2D eigenvalue weighted by Gasteiger charge is -2.31. The number of fused-ring (bicyclic) bond motifs is 1. The Labute approximate surface area is 155 Å². The zero-order chi connectivity index (χ0) is 18.8. The van der Waals surface area contributed by atoms with E-state index in [-0.39, 0.29) is 18.4 Å². The largest absolute Gasteiger partial charge is 0.342 e. The van der Waals surface area contributed by atoms with Gasteiger partial charge in [-0.3, -0.25) is 9.48 Å². The number of carbonyl (C=O) groups is 1. The van der Waals surface area contributed by atoms with Crippen molar-refractivity contribution in [1.29, 1.82) is 5.26 Å². The van der Waals surface area contributed by atoms with Gasteiger partial charge in [-0.15, -0.1) is 0 Å². The Bertz CT molecular complexity index is 1010. The van der Waals surface area contributed by atoms with Gasteiger partial charge >= 0.3 is 0 Å². The molecule has 3 aromatic rings. The summed E-state index contributed by atoms with van der Waals surface area (Å²) in [5.41, 5.74) is 1.57. The predicted octanol–water partition coefficient (Wildman–Crippen LogP) is 1.38. The summed E-state index contributed by atoms with van der Waals surface area (Å²) >= 11 is 0. The van der Waals surface area contributed by atoms with Crippen LogP contribution in [0.4, 0.5) is 11.6 Å². The number of hydrogen-bond acceptors (Lipinski definition) is 7. The molecule has 1 aliphatic rings. The number of nitrogens with one attached hydrogen (secondary N) is 1. The molecular formula is C17H19N9O. The normalized spacial score (nSPS) is 15.0. The van der Waals surface area contributed by atoms with Gasteiger partial charge in [0.1, 0.15) is 6.42 Å². The average Bonchev–Trinajstić information content (AvgIpc) is 3.28. The fourth-order valence-electron chi connectivity index (χ4n) is 3.32. The number of nitriles is 1. The van der Waals surface area contributed by atoms with Crippen LogP contribution < -0.4 is 5.32 Å². The van der Waals surface area contributed by atoms with Crippen molar-refractivity contribution >= 4 is 28.6 Å². The van der Waals surface area contributed by atoms with Crippen molar-refractivity contribution in [3.63, 3.8) is 0 Å². The number of amides is 1. The van der Waals surface area contributed by atoms with Crippen molar-refractivity contribution < 1.29 is 4.79 Å². The molecule has 0 unspecified atom stereocenters. The van der Waals surface area contributed by atoms with E-state index in [1.54, 1.807) is 28.2 Å². The zero-order valence-electron chi connectivity index (χ0n) is 14.9. The van der Waals surface area contributed by atoms with E-state index in [1.807, 2.05) is 24.0 Å². The minimum absolute atomic E-state index is 0.0635. The fraction of sp³-hybridized carbons (Fsp3) is 0.412. The molecule has 0 aromatic carbocycles. The van der Waals surface area contributed by atoms with Crippen molar-refractivity contribution in [3.05, 3.63) is 24.8 Å². The highest BCUT2D eigenvalue weighted by atomic mass is 16.2. The number of nitrogens with zero attached hydrogens (tertiary/aromatic N) is 8. The number of hydrogen-bond donors (Lipinski definition) is 1. The van der Waals surface area contributed by atoms with Gasteiger partial charge in [0.15, 0.2) is 5.65 Å². The first-order valence-corrected chi connectivity index (χ1v) is 8.74. The first-order valence-electron chi connectivity index (χ1n) is 8.74. The molecule has 0 aliphatic carbocycles. The molecule has 1 N–H and O–H groups in total. The smallest absolute Gasteiger partial charge is 0.236 e. The summed E-state index contributed by atoms with van der Waals surface area (Å²) < 4.78 is 3.62. The van der Waals surface area contributed by atoms with Crippen molar-refractivity contribution in [1.82, 2.24) is 34.4 Å². The van der Waals surface area contributed by atoms with Gasteiger partial charge < -0.3 is 10.2 Å². The summed E-state index contributed by atoms with van der Waals surface area (Å²) in [4.78, 5) is 22.6. The molecule has 0 saturated carbocycles. The highest BCUT2D eigenvalue weighted by Crippen LogP contribution is 2.26. The van der Waals surface area contributed by atoms with Crippen molar-refractivity contribution in [2.24, 2.45) is 7.05 Å². The topological polar surface area (TPSA) is 118 Å². The Morgan fingerprint density at radius 3 is 2.81 bits per heavy atom. The van der Waals surface area contributed by atoms with Crippen LogP contribution in [0.2, 0.25) is 0 Å². The van der Waals surface area contributed by atoms with Gasteiger partial charge in [0.2, 0.25) is 11.9 Å². The average molecular weight is 365 g/mol. The Kier molecular flexibility index (Phi) is 4.42. The van der Waals surface area contributed by atoms with Crippen LogP contribution in [-0.2, 0) is 11.8 Å². The SMILES string of the molecule is Cn1cc(Nc2ncc3cnn(C4CCN(C(=O)CC#N)CC4)c3n2)cn1. The lowest BCUT2D eigenvalue weighted by atomic mass is 10.0. The van der Waals surface area contributed by atoms with E-state index in [1.165, 1.54) is 0 Å². The number of aryl methyl sites for hydroxylation is 1. The van der Waals surface area contributed by atoms with Gasteiger partial charge in [-0.2, -0.15) is 20.4 Å². The summed E-state index contributed by atoms with van der Waals surface area (Å²) in [6.07, 6.45) is 8.56. The second-order valence-electron chi connectivity index (χ2n) is 6.54. The van der Waals surface area contributed by atoms with E-state index in [0.29, 0.717) is 19.0 Å². The van der Waals surface area contributed by atoms with E-state index in [2.05, 4.69) is 25.5 Å². The van der Waals surface area contributed by atoms with E-state index < -0.39 is 0 Å². The lowest BCUT2D eigenvalue weighted by molar-refractivity contribution is -0.131. The lowest BCUT2D eigenvalue weighted by Crippen LogP contribution is -2.39. The Morgan fingerprint density at radius 2 is 2.11 bits per heavy atom. The van der Waals surface area contributed by atoms with Gasteiger partial charge in [-0.25, -0.2) is 9.67 Å². The first-order chi connectivity index (χ1) is 13.1. The molecule has 10 heteroatoms. The van der Waals surface area contributed by atoms with Crippen molar-refractivity contribution in [2.75, 3.05) is 18.4 Å². The highest BCUT2D eigenvalue weighted by Gasteiger charge is 2.25. The van der Waals surface area contributed by atoms with Gasteiger partial charge in [0.25, 0.3) is 0 Å². The van der Waals surface area contributed by atoms with Crippen LogP contribution >= 0.6 is 0 Å². The molecule has 1 amide bonds. The number of rotatable bonds is 4. The van der Waals surface area contributed by atoms with Gasteiger partial charge in [-0.1, -0.05) is 0 Å². The maximum absolute atomic E-state index is 11.9. The molecule has 0 spiro atoms. The van der Waals surface area contributed by atoms with Crippen LogP contribution in [0.5, 0.6) is 0 Å². The summed E-state index contributed by atoms with van der Waals surface area (Å²) in [5, 5.41) is 21.3. The second kappa shape index (κ2) is 7.03. The number of anilines is 2. The minimum Gasteiger partial charge on any atom is -0.342 e. The molecule has 10 nitrogen and oxygen atoms in total. The van der Waals surface area contributed by atoms with Crippen LogP contribution in [0.3, 0.4) is 0 Å². The molecule has 1 fully saturated rings. The zero-order valence-corrected chi connectivity index (χ0v) is 14.9. The van der Waals surface area contributed by atoms with E-state index >= 15 is 0 Å². The minimum atomic E-state index is -0.105. The Hall–Kier alpha value is -3.48. The van der Waals surface area contributed by atoms with Gasteiger partial charge in [0, 0.05) is 32.5 Å². The van der Waals surface area contributed by atoms with Crippen molar-refractivity contribution in [2.45, 2.75) is 25.3 Å². The molecule has 4 heterocycles. The maximum atomic E-state index is 11.9. The summed E-state index contributed by atoms with van der Waals surface area (Å²) in [5.74, 6) is 0.380. The van der Waals surface area contributed by atoms with Crippen LogP contribution in [0.25, 0.3) is 11.0 Å². The fourth-order valence-corrected chi connectivity index (χ4v) is 3.32. The first kappa shape index (κ1) is 17.0. The van der Waals surface area contributed by atoms with Crippen LogP contribution in [0, 0.1) is 11.3 Å². The Balaban J connectivity index is 1.52. The second-order valence-corrected chi connectivity index (χ2v) is 6.54. The molecule has 1 saturated heterocycles. The number of piperidine rings is 1. The molecule has 0 atom stereocenters. The van der Waals surface area contributed by atoms with Crippen LogP contribution in [0.15, 0.2) is 24.8 Å². The third kappa shape index (κ3) is 3.44. The Morgan fingerprint density at radius 1 is 1.30 bits per heavy atom. The van der Waals surface area contributed by atoms with Crippen LogP contribution in [-0.4, -0.2) is 53.4 Å². The molecule has 1 aliphatic heterocycles. The molecule has 0 bridgehead atoms.